The van der Waals surface area contributed by atoms with Crippen molar-refractivity contribution in [3.8, 4) is 0 Å². The summed E-state index contributed by atoms with van der Waals surface area (Å²) in [6, 6.07) is 16.9. The normalized spacial score (nSPS) is 14.8. The number of nitrogens with two attached hydrogens (primary N) is 1. The molecule has 2 atom stereocenters. The first kappa shape index (κ1) is 22.3. The van der Waals surface area contributed by atoms with Crippen LogP contribution < -0.4 is 11.2 Å². The highest BCUT2D eigenvalue weighted by Gasteiger charge is 2.51. The van der Waals surface area contributed by atoms with Crippen molar-refractivity contribution in [1.82, 2.24) is 5.32 Å². The molecule has 0 spiro atoms. The summed E-state index contributed by atoms with van der Waals surface area (Å²) in [6.45, 7) is 9.10. The van der Waals surface area contributed by atoms with E-state index in [1.807, 2.05) is 68.4 Å². The number of rotatable bonds is 7. The average molecular weight is 396 g/mol. The number of aliphatic imine (C=N–C) groups is 1. The molecule has 1 amide bonds. The van der Waals surface area contributed by atoms with Gasteiger partial charge in [-0.1, -0.05) is 74.0 Å². The molecule has 1 unspecified atom stereocenters. The fourth-order valence-corrected chi connectivity index (χ4v) is 3.16. The van der Waals surface area contributed by atoms with Gasteiger partial charge in [-0.15, -0.1) is 0 Å². The van der Waals surface area contributed by atoms with Crippen molar-refractivity contribution in [1.29, 1.82) is 0 Å². The molecule has 2 rings (SSSR count). The third-order valence-corrected chi connectivity index (χ3v) is 5.06. The number of amides is 1. The van der Waals surface area contributed by atoms with Gasteiger partial charge in [-0.05, 0) is 37.8 Å². The highest BCUT2D eigenvalue weighted by Crippen LogP contribution is 2.27. The number of carbonyl (C=O) groups is 2. The van der Waals surface area contributed by atoms with Gasteiger partial charge in [-0.25, -0.2) is 4.79 Å². The van der Waals surface area contributed by atoms with Gasteiger partial charge < -0.3 is 10.2 Å². The van der Waals surface area contributed by atoms with E-state index >= 15 is 0 Å². The summed E-state index contributed by atoms with van der Waals surface area (Å²) in [4.78, 5) is 35.2. The second-order valence-electron chi connectivity index (χ2n) is 7.50. The van der Waals surface area contributed by atoms with Gasteiger partial charge in [0.15, 0.2) is 0 Å². The Morgan fingerprint density at radius 3 is 2.14 bits per heavy atom. The standard InChI is InChI=1S/C23H29N3O3/c1-15(2)23(22(28)29-24,26-18(5)19-9-7-6-8-10-19)21(27)25-17(4)20-13-11-16(3)12-14-20/h6-15,17H,24H2,1-5H3,(H,25,27)/t17?,23-/m0/s1. The van der Waals surface area contributed by atoms with Gasteiger partial charge in [0, 0.05) is 5.71 Å². The molecule has 6 heteroatoms. The van der Waals surface area contributed by atoms with E-state index in [2.05, 4.69) is 15.1 Å². The minimum absolute atomic E-state index is 0.320. The molecule has 0 aliphatic carbocycles. The maximum Gasteiger partial charge on any atom is 0.362 e. The van der Waals surface area contributed by atoms with Crippen LogP contribution in [-0.2, 0) is 14.4 Å². The van der Waals surface area contributed by atoms with E-state index in [1.54, 1.807) is 20.8 Å². The van der Waals surface area contributed by atoms with Crippen LogP contribution in [-0.4, -0.2) is 23.1 Å². The summed E-state index contributed by atoms with van der Waals surface area (Å²) in [5.74, 6) is 3.28. The Balaban J connectivity index is 2.45. The van der Waals surface area contributed by atoms with Crippen LogP contribution in [0.2, 0.25) is 0 Å². The number of nitrogens with zero attached hydrogens (tertiary/aromatic N) is 1. The monoisotopic (exact) mass is 395 g/mol. The summed E-state index contributed by atoms with van der Waals surface area (Å²) < 4.78 is 0. The lowest BCUT2D eigenvalue weighted by molar-refractivity contribution is -0.157. The first-order valence-electron chi connectivity index (χ1n) is 9.63. The maximum atomic E-state index is 13.3. The SMILES string of the molecule is CC(=N[C@@](C(=O)NC(C)c1ccc(C)cc1)(C(=O)ON)C(C)C)c1ccccc1. The largest absolute Gasteiger partial charge is 0.371 e. The zero-order valence-corrected chi connectivity index (χ0v) is 17.6. The first-order chi connectivity index (χ1) is 13.7. The van der Waals surface area contributed by atoms with Crippen LogP contribution >= 0.6 is 0 Å². The van der Waals surface area contributed by atoms with Crippen LogP contribution in [0.15, 0.2) is 59.6 Å². The topological polar surface area (TPSA) is 93.8 Å². The van der Waals surface area contributed by atoms with Crippen LogP contribution in [0.4, 0.5) is 0 Å². The minimum Gasteiger partial charge on any atom is -0.371 e. The predicted molar refractivity (Wildman–Crippen MR) is 114 cm³/mol. The summed E-state index contributed by atoms with van der Waals surface area (Å²) in [5, 5.41) is 2.91. The summed E-state index contributed by atoms with van der Waals surface area (Å²) in [5.41, 5.74) is 1.60. The third kappa shape index (κ3) is 4.90. The maximum absolute atomic E-state index is 13.3. The molecule has 0 aliphatic heterocycles. The molecule has 0 saturated carbocycles. The Morgan fingerprint density at radius 1 is 1.03 bits per heavy atom. The molecule has 2 aromatic carbocycles. The van der Waals surface area contributed by atoms with Gasteiger partial charge in [0.05, 0.1) is 6.04 Å². The van der Waals surface area contributed by atoms with Gasteiger partial charge >= 0.3 is 5.97 Å². The lowest BCUT2D eigenvalue weighted by Crippen LogP contribution is -2.57. The van der Waals surface area contributed by atoms with Crippen LogP contribution in [0.5, 0.6) is 0 Å². The molecule has 0 saturated heterocycles. The molecule has 29 heavy (non-hydrogen) atoms. The lowest BCUT2D eigenvalue weighted by Gasteiger charge is -2.31. The van der Waals surface area contributed by atoms with Gasteiger partial charge in [-0.3, -0.25) is 9.79 Å². The van der Waals surface area contributed by atoms with E-state index in [0.717, 1.165) is 16.7 Å². The second-order valence-corrected chi connectivity index (χ2v) is 7.50. The summed E-state index contributed by atoms with van der Waals surface area (Å²) in [6.07, 6.45) is 0. The zero-order chi connectivity index (χ0) is 21.6. The van der Waals surface area contributed by atoms with E-state index in [1.165, 1.54) is 0 Å². The van der Waals surface area contributed by atoms with E-state index in [-0.39, 0.29) is 6.04 Å². The van der Waals surface area contributed by atoms with Crippen LogP contribution in [0.1, 0.15) is 50.4 Å². The quantitative estimate of drug-likeness (QED) is 0.426. The van der Waals surface area contributed by atoms with Crippen molar-refractivity contribution in [2.45, 2.75) is 46.2 Å². The molecule has 3 N–H and O–H groups in total. The highest BCUT2D eigenvalue weighted by atomic mass is 16.7. The number of nitrogens with one attached hydrogen (secondary N) is 1. The van der Waals surface area contributed by atoms with Crippen molar-refractivity contribution in [2.75, 3.05) is 0 Å². The van der Waals surface area contributed by atoms with Crippen LogP contribution in [0.3, 0.4) is 0 Å². The third-order valence-electron chi connectivity index (χ3n) is 5.06. The van der Waals surface area contributed by atoms with E-state index in [9.17, 15) is 9.59 Å². The molecule has 0 bridgehead atoms. The van der Waals surface area contributed by atoms with Crippen molar-refractivity contribution in [3.63, 3.8) is 0 Å². The van der Waals surface area contributed by atoms with E-state index in [4.69, 9.17) is 5.90 Å². The molecule has 154 valence electrons. The molecule has 0 aliphatic rings. The number of benzene rings is 2. The molecule has 0 fully saturated rings. The molecular formula is C23H29N3O3. The number of carbonyl (C=O) groups excluding carboxylic acids is 2. The van der Waals surface area contributed by atoms with Gasteiger partial charge in [0.1, 0.15) is 0 Å². The second kappa shape index (κ2) is 9.47. The first-order valence-corrected chi connectivity index (χ1v) is 9.63. The Labute approximate surface area is 172 Å². The summed E-state index contributed by atoms with van der Waals surface area (Å²) in [7, 11) is 0. The Bertz CT molecular complexity index is 876. The molecule has 2 aromatic rings. The van der Waals surface area contributed by atoms with Gasteiger partial charge in [0.2, 0.25) is 5.54 Å². The van der Waals surface area contributed by atoms with E-state index < -0.39 is 23.3 Å². The van der Waals surface area contributed by atoms with Crippen LogP contribution in [0.25, 0.3) is 0 Å². The Kier molecular flexibility index (Phi) is 7.29. The average Bonchev–Trinajstić information content (AvgIpc) is 2.71. The molecular weight excluding hydrogens is 366 g/mol. The fraction of sp³-hybridized carbons (Fsp3) is 0.348. The molecule has 6 nitrogen and oxygen atoms in total. The zero-order valence-electron chi connectivity index (χ0n) is 17.6. The fourth-order valence-electron chi connectivity index (χ4n) is 3.16. The lowest BCUT2D eigenvalue weighted by atomic mass is 9.85. The van der Waals surface area contributed by atoms with Crippen molar-refractivity contribution in [2.24, 2.45) is 16.8 Å². The van der Waals surface area contributed by atoms with Crippen LogP contribution in [0, 0.1) is 12.8 Å². The van der Waals surface area contributed by atoms with Gasteiger partial charge in [-0.2, -0.15) is 5.90 Å². The summed E-state index contributed by atoms with van der Waals surface area (Å²) >= 11 is 0. The smallest absolute Gasteiger partial charge is 0.362 e. The van der Waals surface area contributed by atoms with Crippen molar-refractivity contribution in [3.05, 3.63) is 71.3 Å². The molecule has 0 heterocycles. The number of aryl methyl sites for hydroxylation is 1. The van der Waals surface area contributed by atoms with Gasteiger partial charge in [0.25, 0.3) is 5.91 Å². The Morgan fingerprint density at radius 2 is 1.62 bits per heavy atom. The van der Waals surface area contributed by atoms with Crippen molar-refractivity contribution < 1.29 is 14.4 Å². The predicted octanol–water partition coefficient (Wildman–Crippen LogP) is 3.49. The molecule has 0 radical (unpaired) electrons. The minimum atomic E-state index is -1.80. The molecule has 0 aromatic heterocycles. The number of hydrogen-bond acceptors (Lipinski definition) is 5. The number of hydrogen-bond donors (Lipinski definition) is 2. The van der Waals surface area contributed by atoms with Crippen molar-refractivity contribution >= 4 is 17.6 Å². The van der Waals surface area contributed by atoms with E-state index in [0.29, 0.717) is 5.71 Å². The highest BCUT2D eigenvalue weighted by molar-refractivity contribution is 6.11. The Hall–Kier alpha value is -2.99.